The average molecular weight is 340 g/mol. The first-order valence-electron chi connectivity index (χ1n) is 7.89. The van der Waals surface area contributed by atoms with E-state index in [1.54, 1.807) is 0 Å². The maximum atomic E-state index is 9.88. The molecule has 1 heterocycles. The number of rotatable bonds is 6. The Morgan fingerprint density at radius 1 is 1.35 bits per heavy atom. The van der Waals surface area contributed by atoms with Gasteiger partial charge in [0.2, 0.25) is 0 Å². The van der Waals surface area contributed by atoms with Gasteiger partial charge in [-0.05, 0) is 71.5 Å². The Morgan fingerprint density at radius 3 is 2.65 bits per heavy atom. The number of nitrogens with zero attached hydrogens (tertiary/aromatic N) is 1. The summed E-state index contributed by atoms with van der Waals surface area (Å²) in [5.74, 6) is 0.882. The second-order valence-electron chi connectivity index (χ2n) is 6.39. The molecule has 0 atom stereocenters. The average Bonchev–Trinajstić information content (AvgIpc) is 2.49. The lowest BCUT2D eigenvalue weighted by molar-refractivity contribution is 0.0612. The predicted molar refractivity (Wildman–Crippen MR) is 86.6 cm³/mol. The molecule has 1 saturated carbocycles. The zero-order valence-corrected chi connectivity index (χ0v) is 14.0. The van der Waals surface area contributed by atoms with E-state index in [0.717, 1.165) is 35.3 Å². The zero-order chi connectivity index (χ0) is 14.4. The fourth-order valence-corrected chi connectivity index (χ4v) is 3.59. The first-order valence-corrected chi connectivity index (χ1v) is 8.68. The fourth-order valence-electron chi connectivity index (χ4n) is 3.36. The van der Waals surface area contributed by atoms with Crippen molar-refractivity contribution in [1.29, 1.82) is 0 Å². The van der Waals surface area contributed by atoms with Gasteiger partial charge >= 0.3 is 0 Å². The Morgan fingerprint density at radius 2 is 2.10 bits per heavy atom. The van der Waals surface area contributed by atoms with Gasteiger partial charge in [0.15, 0.2) is 0 Å². The van der Waals surface area contributed by atoms with Crippen LogP contribution in [0.5, 0.6) is 0 Å². The molecule has 3 heteroatoms. The van der Waals surface area contributed by atoms with Crippen LogP contribution >= 0.6 is 15.9 Å². The number of hydrogen-bond acceptors (Lipinski definition) is 2. The molecule has 0 saturated heterocycles. The Bertz CT molecular complexity index is 396. The summed E-state index contributed by atoms with van der Waals surface area (Å²) in [4.78, 5) is 4.48. The number of halogens is 1. The van der Waals surface area contributed by atoms with E-state index in [4.69, 9.17) is 0 Å². The van der Waals surface area contributed by atoms with Gasteiger partial charge in [0.05, 0.1) is 0 Å². The fraction of sp³-hybridized carbons (Fsp3) is 0.706. The molecule has 1 N–H and O–H groups in total. The van der Waals surface area contributed by atoms with Gasteiger partial charge in [-0.1, -0.05) is 26.2 Å². The van der Waals surface area contributed by atoms with Crippen LogP contribution in [0.25, 0.3) is 0 Å². The second kappa shape index (κ2) is 7.56. The third kappa shape index (κ3) is 4.29. The van der Waals surface area contributed by atoms with E-state index in [1.165, 1.54) is 32.1 Å². The minimum absolute atomic E-state index is 0.0730. The van der Waals surface area contributed by atoms with Crippen molar-refractivity contribution < 1.29 is 5.11 Å². The lowest BCUT2D eigenvalue weighted by Crippen LogP contribution is -2.33. The quantitative estimate of drug-likeness (QED) is 0.811. The number of pyridine rings is 1. The standard InChI is InChI=1S/C17H26BrNO/c1-2-3-4-14-7-9-17(13-20,10-8-14)11-16-6-5-15(18)12-19-16/h5-6,12,14,20H,2-4,7-11,13H2,1H3. The summed E-state index contributed by atoms with van der Waals surface area (Å²) < 4.78 is 1.02. The lowest BCUT2D eigenvalue weighted by atomic mass is 9.67. The molecule has 0 radical (unpaired) electrons. The van der Waals surface area contributed by atoms with Crippen LogP contribution in [0.15, 0.2) is 22.8 Å². The number of aliphatic hydroxyl groups excluding tert-OH is 1. The van der Waals surface area contributed by atoms with Gasteiger partial charge < -0.3 is 5.11 Å². The maximum Gasteiger partial charge on any atom is 0.0491 e. The van der Waals surface area contributed by atoms with Crippen LogP contribution in [0.2, 0.25) is 0 Å². The second-order valence-corrected chi connectivity index (χ2v) is 7.30. The smallest absolute Gasteiger partial charge is 0.0491 e. The van der Waals surface area contributed by atoms with Crippen LogP contribution < -0.4 is 0 Å². The summed E-state index contributed by atoms with van der Waals surface area (Å²) >= 11 is 3.42. The number of aliphatic hydroxyl groups is 1. The van der Waals surface area contributed by atoms with Crippen molar-refractivity contribution in [3.63, 3.8) is 0 Å². The molecule has 1 fully saturated rings. The van der Waals surface area contributed by atoms with Gasteiger partial charge in [-0.25, -0.2) is 0 Å². The van der Waals surface area contributed by atoms with E-state index < -0.39 is 0 Å². The zero-order valence-electron chi connectivity index (χ0n) is 12.4. The highest BCUT2D eigenvalue weighted by Crippen LogP contribution is 2.42. The van der Waals surface area contributed by atoms with Crippen molar-refractivity contribution in [1.82, 2.24) is 4.98 Å². The van der Waals surface area contributed by atoms with E-state index in [9.17, 15) is 5.11 Å². The summed E-state index contributed by atoms with van der Waals surface area (Å²) in [5.41, 5.74) is 1.18. The third-order valence-corrected chi connectivity index (χ3v) is 5.28. The van der Waals surface area contributed by atoms with Crippen molar-refractivity contribution in [2.45, 2.75) is 58.3 Å². The van der Waals surface area contributed by atoms with Crippen molar-refractivity contribution in [2.75, 3.05) is 6.61 Å². The van der Waals surface area contributed by atoms with Gasteiger partial charge in [-0.2, -0.15) is 0 Å². The largest absolute Gasteiger partial charge is 0.396 e. The molecule has 0 aromatic carbocycles. The van der Waals surface area contributed by atoms with Gasteiger partial charge in [-0.15, -0.1) is 0 Å². The van der Waals surface area contributed by atoms with Crippen LogP contribution in [-0.4, -0.2) is 16.7 Å². The molecule has 0 spiro atoms. The summed E-state index contributed by atoms with van der Waals surface area (Å²) in [7, 11) is 0. The van der Waals surface area contributed by atoms with Crippen LogP contribution in [0, 0.1) is 11.3 Å². The number of hydrogen-bond donors (Lipinski definition) is 1. The van der Waals surface area contributed by atoms with E-state index in [1.807, 2.05) is 12.3 Å². The SMILES string of the molecule is CCCCC1CCC(CO)(Cc2ccc(Br)cn2)CC1. The minimum atomic E-state index is 0.0730. The Labute approximate surface area is 131 Å². The van der Waals surface area contributed by atoms with E-state index >= 15 is 0 Å². The topological polar surface area (TPSA) is 33.1 Å². The molecule has 20 heavy (non-hydrogen) atoms. The molecule has 2 rings (SSSR count). The summed E-state index contributed by atoms with van der Waals surface area (Å²) in [6.07, 6.45) is 11.6. The molecule has 2 nitrogen and oxygen atoms in total. The maximum absolute atomic E-state index is 9.88. The van der Waals surface area contributed by atoms with Crippen molar-refractivity contribution in [2.24, 2.45) is 11.3 Å². The molecule has 1 aliphatic rings. The molecular weight excluding hydrogens is 314 g/mol. The van der Waals surface area contributed by atoms with Crippen LogP contribution in [0.3, 0.4) is 0 Å². The van der Waals surface area contributed by atoms with Crippen LogP contribution in [0.1, 0.15) is 57.6 Å². The summed E-state index contributed by atoms with van der Waals surface area (Å²) in [6.45, 7) is 2.56. The molecule has 0 amide bonds. The summed E-state index contributed by atoms with van der Waals surface area (Å²) in [6, 6.07) is 4.12. The summed E-state index contributed by atoms with van der Waals surface area (Å²) in [5, 5.41) is 9.88. The van der Waals surface area contributed by atoms with Crippen LogP contribution in [0.4, 0.5) is 0 Å². The first kappa shape index (κ1) is 16.0. The minimum Gasteiger partial charge on any atom is -0.396 e. The van der Waals surface area contributed by atoms with Gasteiger partial charge in [-0.3, -0.25) is 4.98 Å². The lowest BCUT2D eigenvalue weighted by Gasteiger charge is -2.39. The molecular formula is C17H26BrNO. The Kier molecular flexibility index (Phi) is 6.03. The third-order valence-electron chi connectivity index (χ3n) is 4.81. The molecule has 0 aliphatic heterocycles. The van der Waals surface area contributed by atoms with Gasteiger partial charge in [0.25, 0.3) is 0 Å². The number of unbranched alkanes of at least 4 members (excludes halogenated alkanes) is 1. The van der Waals surface area contributed by atoms with Gasteiger partial charge in [0, 0.05) is 23.0 Å². The van der Waals surface area contributed by atoms with E-state index in [0.29, 0.717) is 6.61 Å². The molecule has 0 bridgehead atoms. The molecule has 0 unspecified atom stereocenters. The first-order chi connectivity index (χ1) is 9.67. The monoisotopic (exact) mass is 339 g/mol. The highest BCUT2D eigenvalue weighted by atomic mass is 79.9. The van der Waals surface area contributed by atoms with Crippen molar-refractivity contribution in [3.05, 3.63) is 28.5 Å². The Balaban J connectivity index is 1.92. The van der Waals surface area contributed by atoms with E-state index in [-0.39, 0.29) is 5.41 Å². The molecule has 1 aromatic rings. The Hall–Kier alpha value is -0.410. The van der Waals surface area contributed by atoms with E-state index in [2.05, 4.69) is 33.9 Å². The normalized spacial score (nSPS) is 26.6. The van der Waals surface area contributed by atoms with Crippen molar-refractivity contribution in [3.8, 4) is 0 Å². The van der Waals surface area contributed by atoms with Gasteiger partial charge in [0.1, 0.15) is 0 Å². The highest BCUT2D eigenvalue weighted by Gasteiger charge is 2.35. The molecule has 1 aliphatic carbocycles. The highest BCUT2D eigenvalue weighted by molar-refractivity contribution is 9.10. The number of aromatic nitrogens is 1. The molecule has 1 aromatic heterocycles. The molecule has 112 valence electrons. The van der Waals surface area contributed by atoms with Crippen molar-refractivity contribution >= 4 is 15.9 Å². The van der Waals surface area contributed by atoms with Crippen LogP contribution in [-0.2, 0) is 6.42 Å². The predicted octanol–water partition coefficient (Wildman–Crippen LogP) is 4.75.